The number of carbonyl (C=O) groups excluding carboxylic acids is 2. The second-order valence-electron chi connectivity index (χ2n) is 8.65. The van der Waals surface area contributed by atoms with Gasteiger partial charge in [0.1, 0.15) is 0 Å². The molecule has 2 heterocycles. The molecule has 1 atom stereocenters. The summed E-state index contributed by atoms with van der Waals surface area (Å²) in [5, 5.41) is 3.07. The fraction of sp³-hybridized carbons (Fsp3) is 0.619. The third kappa shape index (κ3) is 4.57. The van der Waals surface area contributed by atoms with E-state index in [1.54, 1.807) is 0 Å². The maximum Gasteiger partial charge on any atom is 0.317 e. The van der Waals surface area contributed by atoms with Crippen molar-refractivity contribution in [3.63, 3.8) is 0 Å². The monoisotopic (exact) mass is 357 g/mol. The van der Waals surface area contributed by atoms with Gasteiger partial charge in [-0.2, -0.15) is 0 Å². The van der Waals surface area contributed by atoms with E-state index in [0.717, 1.165) is 32.4 Å². The van der Waals surface area contributed by atoms with Crippen molar-refractivity contribution in [3.05, 3.63) is 35.9 Å². The summed E-state index contributed by atoms with van der Waals surface area (Å²) in [5.74, 6) is 0.773. The third-order valence-electron chi connectivity index (χ3n) is 5.53. The Morgan fingerprint density at radius 1 is 1.15 bits per heavy atom. The first-order chi connectivity index (χ1) is 12.3. The van der Waals surface area contributed by atoms with Crippen LogP contribution in [0, 0.1) is 5.92 Å². The summed E-state index contributed by atoms with van der Waals surface area (Å²) < 4.78 is 0. The van der Waals surface area contributed by atoms with Gasteiger partial charge < -0.3 is 15.1 Å². The summed E-state index contributed by atoms with van der Waals surface area (Å²) in [6.07, 6.45) is 3.58. The number of piperidine rings is 1. The zero-order chi connectivity index (χ0) is 18.7. The summed E-state index contributed by atoms with van der Waals surface area (Å²) in [5.41, 5.74) is 1.19. The van der Waals surface area contributed by atoms with Gasteiger partial charge in [0.2, 0.25) is 5.91 Å². The molecular formula is C21H31N3O2. The summed E-state index contributed by atoms with van der Waals surface area (Å²) in [4.78, 5) is 28.5. The number of likely N-dealkylation sites (tertiary alicyclic amines) is 2. The number of benzene rings is 1. The zero-order valence-corrected chi connectivity index (χ0v) is 16.2. The molecule has 1 aromatic carbocycles. The largest absolute Gasteiger partial charge is 0.336 e. The second kappa shape index (κ2) is 7.68. The Morgan fingerprint density at radius 2 is 1.81 bits per heavy atom. The SMILES string of the molecule is CC(C)(C)N1CC(NC(=O)N2CCC(Cc3ccccc3)CC2)CC1=O. The lowest BCUT2D eigenvalue weighted by atomic mass is 9.90. The molecular weight excluding hydrogens is 326 g/mol. The average Bonchev–Trinajstić information content (AvgIpc) is 2.97. The molecule has 3 rings (SSSR count). The summed E-state index contributed by atoms with van der Waals surface area (Å²) in [6.45, 7) is 8.31. The normalized spacial score (nSPS) is 22.0. The van der Waals surface area contributed by atoms with Gasteiger partial charge >= 0.3 is 6.03 Å². The molecule has 1 N–H and O–H groups in total. The van der Waals surface area contributed by atoms with E-state index in [4.69, 9.17) is 0 Å². The molecule has 1 aromatic rings. The average molecular weight is 357 g/mol. The number of hydrogen-bond acceptors (Lipinski definition) is 2. The van der Waals surface area contributed by atoms with Crippen molar-refractivity contribution in [2.24, 2.45) is 5.92 Å². The van der Waals surface area contributed by atoms with Crippen molar-refractivity contribution in [3.8, 4) is 0 Å². The first-order valence-electron chi connectivity index (χ1n) is 9.73. The van der Waals surface area contributed by atoms with Gasteiger partial charge in [-0.3, -0.25) is 4.79 Å². The lowest BCUT2D eigenvalue weighted by molar-refractivity contribution is -0.131. The van der Waals surface area contributed by atoms with Crippen molar-refractivity contribution >= 4 is 11.9 Å². The van der Waals surface area contributed by atoms with E-state index in [-0.39, 0.29) is 23.5 Å². The number of carbonyl (C=O) groups is 2. The lowest BCUT2D eigenvalue weighted by Crippen LogP contribution is -2.49. The first kappa shape index (κ1) is 18.7. The van der Waals surface area contributed by atoms with Crippen LogP contribution in [0.5, 0.6) is 0 Å². The smallest absolute Gasteiger partial charge is 0.317 e. The van der Waals surface area contributed by atoms with Crippen molar-refractivity contribution in [2.75, 3.05) is 19.6 Å². The summed E-state index contributed by atoms with van der Waals surface area (Å²) in [6, 6.07) is 10.5. The molecule has 0 spiro atoms. The zero-order valence-electron chi connectivity index (χ0n) is 16.2. The summed E-state index contributed by atoms with van der Waals surface area (Å²) >= 11 is 0. The van der Waals surface area contributed by atoms with Crippen LogP contribution >= 0.6 is 0 Å². The maximum absolute atomic E-state index is 12.6. The van der Waals surface area contributed by atoms with Crippen LogP contribution in [-0.2, 0) is 11.2 Å². The Morgan fingerprint density at radius 3 is 2.38 bits per heavy atom. The highest BCUT2D eigenvalue weighted by Crippen LogP contribution is 2.24. The predicted molar refractivity (Wildman–Crippen MR) is 103 cm³/mol. The second-order valence-corrected chi connectivity index (χ2v) is 8.65. The number of amides is 3. The molecule has 2 saturated heterocycles. The van der Waals surface area contributed by atoms with Crippen LogP contribution in [0.15, 0.2) is 30.3 Å². The maximum atomic E-state index is 12.6. The Balaban J connectivity index is 1.45. The van der Waals surface area contributed by atoms with E-state index in [9.17, 15) is 9.59 Å². The minimum atomic E-state index is -0.188. The molecule has 5 heteroatoms. The van der Waals surface area contributed by atoms with Gasteiger partial charge in [-0.25, -0.2) is 4.79 Å². The minimum Gasteiger partial charge on any atom is -0.336 e. The van der Waals surface area contributed by atoms with Crippen LogP contribution in [0.2, 0.25) is 0 Å². The van der Waals surface area contributed by atoms with E-state index in [0.29, 0.717) is 18.9 Å². The number of rotatable bonds is 3. The van der Waals surface area contributed by atoms with E-state index in [2.05, 4.69) is 29.6 Å². The first-order valence-corrected chi connectivity index (χ1v) is 9.73. The van der Waals surface area contributed by atoms with Crippen LogP contribution in [-0.4, -0.2) is 53.0 Å². The molecule has 142 valence electrons. The van der Waals surface area contributed by atoms with Gasteiger partial charge in [0, 0.05) is 31.6 Å². The molecule has 1 unspecified atom stereocenters. The molecule has 5 nitrogen and oxygen atoms in total. The Labute approximate surface area is 156 Å². The quantitative estimate of drug-likeness (QED) is 0.904. The molecule has 3 amide bonds. The van der Waals surface area contributed by atoms with Gasteiger partial charge in [0.25, 0.3) is 0 Å². The minimum absolute atomic E-state index is 0.0169. The van der Waals surface area contributed by atoms with E-state index in [1.807, 2.05) is 36.6 Å². The van der Waals surface area contributed by atoms with Crippen molar-refractivity contribution in [1.82, 2.24) is 15.1 Å². The molecule has 0 aliphatic carbocycles. The standard InChI is InChI=1S/C21H31N3O2/c1-21(2,3)24-15-18(14-19(24)25)22-20(26)23-11-9-17(10-12-23)13-16-7-5-4-6-8-16/h4-8,17-18H,9-15H2,1-3H3,(H,22,26). The number of nitrogens with one attached hydrogen (secondary N) is 1. The molecule has 2 aliphatic rings. The number of urea groups is 1. The van der Waals surface area contributed by atoms with E-state index >= 15 is 0 Å². The Hall–Kier alpha value is -2.04. The topological polar surface area (TPSA) is 52.7 Å². The Kier molecular flexibility index (Phi) is 5.54. The van der Waals surface area contributed by atoms with Crippen LogP contribution in [0.25, 0.3) is 0 Å². The Bertz CT molecular complexity index is 630. The molecule has 0 radical (unpaired) electrons. The van der Waals surface area contributed by atoms with Crippen LogP contribution in [0.3, 0.4) is 0 Å². The van der Waals surface area contributed by atoms with Crippen LogP contribution in [0.4, 0.5) is 4.79 Å². The molecule has 2 fully saturated rings. The van der Waals surface area contributed by atoms with Crippen molar-refractivity contribution in [2.45, 2.75) is 58.0 Å². The van der Waals surface area contributed by atoms with Gasteiger partial charge in [-0.05, 0) is 51.5 Å². The molecule has 2 aliphatic heterocycles. The molecule has 0 aromatic heterocycles. The number of nitrogens with zero attached hydrogens (tertiary/aromatic N) is 2. The van der Waals surface area contributed by atoms with Crippen molar-refractivity contribution < 1.29 is 9.59 Å². The summed E-state index contributed by atoms with van der Waals surface area (Å²) in [7, 11) is 0. The van der Waals surface area contributed by atoms with Gasteiger partial charge in [0.15, 0.2) is 0 Å². The molecule has 0 bridgehead atoms. The highest BCUT2D eigenvalue weighted by molar-refractivity contribution is 5.82. The predicted octanol–water partition coefficient (Wildman–Crippen LogP) is 3.05. The van der Waals surface area contributed by atoms with E-state index in [1.165, 1.54) is 5.56 Å². The molecule has 26 heavy (non-hydrogen) atoms. The van der Waals surface area contributed by atoms with E-state index < -0.39 is 0 Å². The van der Waals surface area contributed by atoms with Gasteiger partial charge in [0.05, 0.1) is 6.04 Å². The fourth-order valence-corrected chi connectivity index (χ4v) is 4.01. The van der Waals surface area contributed by atoms with Crippen LogP contribution in [0.1, 0.15) is 45.6 Å². The fourth-order valence-electron chi connectivity index (χ4n) is 4.01. The van der Waals surface area contributed by atoms with Crippen molar-refractivity contribution in [1.29, 1.82) is 0 Å². The third-order valence-corrected chi connectivity index (χ3v) is 5.53. The van der Waals surface area contributed by atoms with Crippen LogP contribution < -0.4 is 5.32 Å². The highest BCUT2D eigenvalue weighted by Gasteiger charge is 2.37. The van der Waals surface area contributed by atoms with Gasteiger partial charge in [-0.1, -0.05) is 30.3 Å². The lowest BCUT2D eigenvalue weighted by Gasteiger charge is -2.34. The van der Waals surface area contributed by atoms with Gasteiger partial charge in [-0.15, -0.1) is 0 Å². The molecule has 0 saturated carbocycles. The highest BCUT2D eigenvalue weighted by atomic mass is 16.2. The number of hydrogen-bond donors (Lipinski definition) is 1.